The Labute approximate surface area is 173 Å². The topological polar surface area (TPSA) is 22.1 Å². The molecule has 0 atom stereocenters. The molecule has 0 radical (unpaired) electrons. The van der Waals surface area contributed by atoms with Gasteiger partial charge in [0.25, 0.3) is 0 Å². The molecule has 0 bridgehead atoms. The average molecular weight is 386 g/mol. The van der Waals surface area contributed by atoms with Gasteiger partial charge in [0.1, 0.15) is 11.4 Å². The number of pyridine rings is 1. The summed E-state index contributed by atoms with van der Waals surface area (Å²) in [5.74, 6) is 2.72. The van der Waals surface area contributed by atoms with Crippen LogP contribution in [0, 0.1) is 25.7 Å². The van der Waals surface area contributed by atoms with Gasteiger partial charge in [-0.2, -0.15) is 0 Å². The molecule has 0 N–H and O–H groups in total. The molecule has 1 aromatic rings. The second-order valence-electron chi connectivity index (χ2n) is 9.72. The molecule has 2 saturated carbocycles. The summed E-state index contributed by atoms with van der Waals surface area (Å²) in [6.45, 7) is 6.53. The highest BCUT2D eigenvalue weighted by molar-refractivity contribution is 5.28. The number of hydrogen-bond donors (Lipinski definition) is 0. The van der Waals surface area contributed by atoms with E-state index in [1.807, 2.05) is 6.20 Å². The molecule has 0 spiro atoms. The van der Waals surface area contributed by atoms with Crippen LogP contribution in [0.1, 0.15) is 114 Å². The summed E-state index contributed by atoms with van der Waals surface area (Å²) in [6.07, 6.45) is 22.6. The van der Waals surface area contributed by atoms with Crippen molar-refractivity contribution in [1.29, 1.82) is 0 Å². The number of rotatable bonds is 9. The van der Waals surface area contributed by atoms with Crippen molar-refractivity contribution in [2.24, 2.45) is 11.8 Å². The van der Waals surface area contributed by atoms with E-state index in [0.29, 0.717) is 0 Å². The predicted octanol–water partition coefficient (Wildman–Crippen LogP) is 7.95. The third-order valence-corrected chi connectivity index (χ3v) is 7.64. The number of hydrogen-bond acceptors (Lipinski definition) is 2. The molecule has 2 fully saturated rings. The largest absolute Gasteiger partial charge is 0.485 e. The molecule has 0 saturated heterocycles. The molecular weight excluding hydrogens is 342 g/mol. The fourth-order valence-corrected chi connectivity index (χ4v) is 5.67. The highest BCUT2D eigenvalue weighted by atomic mass is 16.5. The van der Waals surface area contributed by atoms with Crippen LogP contribution in [0.15, 0.2) is 12.3 Å². The molecule has 1 heterocycles. The SMILES string of the molecule is CCCCCCC[C@H]1CC[C@H](C2(Oc3cnc(C)c(C)c3)CCCCC2)CC1. The zero-order valence-electron chi connectivity index (χ0n) is 18.8. The standard InChI is InChI=1S/C26H43NO/c1-4-5-6-7-9-12-23-13-15-24(16-14-23)26(17-10-8-11-18-26)28-25-19-21(2)22(3)27-20-25/h19-20,23-24H,4-18H2,1-3H3/t23-,24-. The lowest BCUT2D eigenvalue weighted by Crippen LogP contribution is -2.47. The average Bonchev–Trinajstić information content (AvgIpc) is 2.72. The summed E-state index contributed by atoms with van der Waals surface area (Å²) in [6, 6.07) is 2.21. The molecule has 2 aliphatic carbocycles. The Hall–Kier alpha value is -1.05. The Morgan fingerprint density at radius 1 is 0.964 bits per heavy atom. The summed E-state index contributed by atoms with van der Waals surface area (Å²) < 4.78 is 6.82. The van der Waals surface area contributed by atoms with Crippen LogP contribution in [0.25, 0.3) is 0 Å². The van der Waals surface area contributed by atoms with Crippen molar-refractivity contribution in [3.63, 3.8) is 0 Å². The van der Waals surface area contributed by atoms with Gasteiger partial charge in [0, 0.05) is 5.69 Å². The maximum atomic E-state index is 6.82. The molecule has 2 aliphatic rings. The van der Waals surface area contributed by atoms with Gasteiger partial charge >= 0.3 is 0 Å². The van der Waals surface area contributed by atoms with E-state index in [-0.39, 0.29) is 5.60 Å². The Kier molecular flexibility index (Phi) is 8.23. The molecule has 158 valence electrons. The number of nitrogens with zero attached hydrogens (tertiary/aromatic N) is 1. The van der Waals surface area contributed by atoms with Crippen molar-refractivity contribution in [3.8, 4) is 5.75 Å². The minimum Gasteiger partial charge on any atom is -0.485 e. The second-order valence-corrected chi connectivity index (χ2v) is 9.72. The molecule has 3 rings (SSSR count). The van der Waals surface area contributed by atoms with Crippen molar-refractivity contribution >= 4 is 0 Å². The van der Waals surface area contributed by atoms with Crippen molar-refractivity contribution in [3.05, 3.63) is 23.5 Å². The van der Waals surface area contributed by atoms with Gasteiger partial charge in [-0.05, 0) is 75.8 Å². The summed E-state index contributed by atoms with van der Waals surface area (Å²) >= 11 is 0. The first-order valence-electron chi connectivity index (χ1n) is 12.3. The van der Waals surface area contributed by atoms with E-state index in [4.69, 9.17) is 4.74 Å². The minimum atomic E-state index is 0.0771. The highest BCUT2D eigenvalue weighted by Crippen LogP contribution is 2.46. The maximum absolute atomic E-state index is 6.82. The molecule has 0 aromatic carbocycles. The lowest BCUT2D eigenvalue weighted by Gasteiger charge is -2.46. The number of aromatic nitrogens is 1. The van der Waals surface area contributed by atoms with Crippen molar-refractivity contribution in [2.45, 2.75) is 123 Å². The molecule has 0 amide bonds. The van der Waals surface area contributed by atoms with Gasteiger partial charge in [-0.15, -0.1) is 0 Å². The monoisotopic (exact) mass is 385 g/mol. The minimum absolute atomic E-state index is 0.0771. The van der Waals surface area contributed by atoms with E-state index < -0.39 is 0 Å². The fourth-order valence-electron chi connectivity index (χ4n) is 5.67. The van der Waals surface area contributed by atoms with Crippen LogP contribution in [0.3, 0.4) is 0 Å². The molecule has 0 aliphatic heterocycles. The number of aryl methyl sites for hydroxylation is 2. The molecule has 28 heavy (non-hydrogen) atoms. The smallest absolute Gasteiger partial charge is 0.138 e. The number of ether oxygens (including phenoxy) is 1. The summed E-state index contributed by atoms with van der Waals surface area (Å²) in [5, 5.41) is 0. The van der Waals surface area contributed by atoms with E-state index in [9.17, 15) is 0 Å². The maximum Gasteiger partial charge on any atom is 0.138 e. The van der Waals surface area contributed by atoms with E-state index in [0.717, 1.165) is 23.3 Å². The highest BCUT2D eigenvalue weighted by Gasteiger charge is 2.43. The van der Waals surface area contributed by atoms with Crippen LogP contribution >= 0.6 is 0 Å². The van der Waals surface area contributed by atoms with Crippen molar-refractivity contribution in [2.75, 3.05) is 0 Å². The Balaban J connectivity index is 1.56. The van der Waals surface area contributed by atoms with Crippen LogP contribution in [0.5, 0.6) is 5.75 Å². The first-order valence-corrected chi connectivity index (χ1v) is 12.3. The third kappa shape index (κ3) is 5.74. The quantitative estimate of drug-likeness (QED) is 0.402. The number of unbranched alkanes of at least 4 members (excludes halogenated alkanes) is 4. The molecule has 2 heteroatoms. The zero-order valence-corrected chi connectivity index (χ0v) is 18.8. The summed E-state index contributed by atoms with van der Waals surface area (Å²) in [5.41, 5.74) is 2.44. The van der Waals surface area contributed by atoms with Gasteiger partial charge in [0.05, 0.1) is 6.20 Å². The van der Waals surface area contributed by atoms with E-state index in [1.165, 1.54) is 102 Å². The Morgan fingerprint density at radius 3 is 2.36 bits per heavy atom. The molecule has 1 aromatic heterocycles. The van der Waals surface area contributed by atoms with Crippen LogP contribution in [0.4, 0.5) is 0 Å². The predicted molar refractivity (Wildman–Crippen MR) is 119 cm³/mol. The summed E-state index contributed by atoms with van der Waals surface area (Å²) in [4.78, 5) is 4.56. The molecular formula is C26H43NO. The zero-order chi connectivity index (χ0) is 19.8. The van der Waals surface area contributed by atoms with E-state index in [2.05, 4.69) is 31.8 Å². The van der Waals surface area contributed by atoms with Gasteiger partial charge in [-0.25, -0.2) is 0 Å². The van der Waals surface area contributed by atoms with Crippen molar-refractivity contribution in [1.82, 2.24) is 4.98 Å². The van der Waals surface area contributed by atoms with Crippen molar-refractivity contribution < 1.29 is 4.74 Å². The van der Waals surface area contributed by atoms with Crippen LogP contribution in [-0.2, 0) is 0 Å². The fraction of sp³-hybridized carbons (Fsp3) is 0.808. The first-order chi connectivity index (χ1) is 13.6. The van der Waals surface area contributed by atoms with Gasteiger partial charge in [0.2, 0.25) is 0 Å². The summed E-state index contributed by atoms with van der Waals surface area (Å²) in [7, 11) is 0. The van der Waals surface area contributed by atoms with Gasteiger partial charge in [-0.1, -0.05) is 64.7 Å². The second kappa shape index (κ2) is 10.6. The lowest BCUT2D eigenvalue weighted by molar-refractivity contribution is -0.0437. The Bertz CT molecular complexity index is 582. The van der Waals surface area contributed by atoms with Gasteiger partial charge in [-0.3, -0.25) is 4.98 Å². The molecule has 0 unspecified atom stereocenters. The lowest BCUT2D eigenvalue weighted by atomic mass is 9.67. The third-order valence-electron chi connectivity index (χ3n) is 7.64. The Morgan fingerprint density at radius 2 is 1.68 bits per heavy atom. The van der Waals surface area contributed by atoms with Crippen LogP contribution in [-0.4, -0.2) is 10.6 Å². The van der Waals surface area contributed by atoms with Gasteiger partial charge < -0.3 is 4.74 Å². The van der Waals surface area contributed by atoms with Gasteiger partial charge in [0.15, 0.2) is 0 Å². The van der Waals surface area contributed by atoms with Crippen LogP contribution < -0.4 is 4.74 Å². The van der Waals surface area contributed by atoms with E-state index in [1.54, 1.807) is 0 Å². The van der Waals surface area contributed by atoms with Crippen LogP contribution in [0.2, 0.25) is 0 Å². The molecule has 2 nitrogen and oxygen atoms in total. The first kappa shape index (κ1) is 21.7. The normalized spacial score (nSPS) is 24.8. The van der Waals surface area contributed by atoms with E-state index >= 15 is 0 Å².